The first-order chi connectivity index (χ1) is 21.3. The van der Waals surface area contributed by atoms with Gasteiger partial charge in [0.15, 0.2) is 0 Å². The predicted molar refractivity (Wildman–Crippen MR) is 148 cm³/mol. The van der Waals surface area contributed by atoms with Crippen molar-refractivity contribution in [3.63, 3.8) is 0 Å². The number of rotatable bonds is 8. The lowest BCUT2D eigenvalue weighted by Crippen LogP contribution is -2.48. The summed E-state index contributed by atoms with van der Waals surface area (Å²) in [5.41, 5.74) is -4.81. The molecule has 0 fully saturated rings. The van der Waals surface area contributed by atoms with Crippen molar-refractivity contribution in [3.8, 4) is 0 Å². The van der Waals surface area contributed by atoms with Crippen molar-refractivity contribution in [2.45, 2.75) is 83.4 Å². The molecule has 1 aliphatic heterocycles. The van der Waals surface area contributed by atoms with Crippen LogP contribution in [0.25, 0.3) is 0 Å². The highest BCUT2D eigenvalue weighted by Crippen LogP contribution is 2.46. The van der Waals surface area contributed by atoms with E-state index in [9.17, 15) is 44.3 Å². The van der Waals surface area contributed by atoms with Crippen LogP contribution in [-0.4, -0.2) is 44.3 Å². The first-order valence-electron chi connectivity index (χ1n) is 13.9. The van der Waals surface area contributed by atoms with Crippen LogP contribution < -0.4 is 9.80 Å². The van der Waals surface area contributed by atoms with Gasteiger partial charge in [0.1, 0.15) is 0 Å². The highest BCUT2D eigenvalue weighted by Gasteiger charge is 2.43. The SMILES string of the molecule is CC[C@@H]1C[C@H](N(Cc2cc(C(F)(F)F)cc(C(F)(F)F)c2)c2nnn(CCCl)n2)c2cc(C(F)(F)F)ccc2N1C(=O)OC(C)C. The fourth-order valence-electron chi connectivity index (χ4n) is 5.20. The number of amides is 1. The summed E-state index contributed by atoms with van der Waals surface area (Å²) < 4.78 is 129. The number of carbonyl (C=O) groups is 1. The summed E-state index contributed by atoms with van der Waals surface area (Å²) >= 11 is 5.76. The molecule has 2 aromatic carbocycles. The van der Waals surface area contributed by atoms with Crippen LogP contribution in [0.1, 0.15) is 67.5 Å². The van der Waals surface area contributed by atoms with Crippen molar-refractivity contribution in [2.75, 3.05) is 15.7 Å². The molecule has 46 heavy (non-hydrogen) atoms. The molecule has 1 aliphatic rings. The van der Waals surface area contributed by atoms with Gasteiger partial charge in [0.05, 0.1) is 41.1 Å². The van der Waals surface area contributed by atoms with Gasteiger partial charge in [0, 0.05) is 18.5 Å². The molecule has 0 saturated heterocycles. The van der Waals surface area contributed by atoms with E-state index in [0.29, 0.717) is 12.1 Å². The lowest BCUT2D eigenvalue weighted by Gasteiger charge is -2.44. The second kappa shape index (κ2) is 13.2. The molecule has 4 rings (SSSR count). The smallest absolute Gasteiger partial charge is 0.416 e. The molecular weight excluding hydrogens is 659 g/mol. The zero-order chi connectivity index (χ0) is 34.2. The minimum Gasteiger partial charge on any atom is -0.446 e. The maximum atomic E-state index is 13.9. The number of ether oxygens (including phenoxy) is 1. The van der Waals surface area contributed by atoms with Gasteiger partial charge in [0.25, 0.3) is 5.95 Å². The van der Waals surface area contributed by atoms with Crippen LogP contribution in [-0.2, 0) is 36.4 Å². The van der Waals surface area contributed by atoms with Crippen molar-refractivity contribution >= 4 is 29.3 Å². The number of aryl methyl sites for hydroxylation is 1. The van der Waals surface area contributed by atoms with Gasteiger partial charge in [-0.25, -0.2) is 4.79 Å². The molecule has 0 N–H and O–H groups in total. The number of carbonyl (C=O) groups excluding carboxylic acids is 1. The number of hydrogen-bond acceptors (Lipinski definition) is 6. The van der Waals surface area contributed by atoms with Crippen molar-refractivity contribution in [1.29, 1.82) is 0 Å². The first-order valence-corrected chi connectivity index (χ1v) is 14.5. The van der Waals surface area contributed by atoms with E-state index < -0.39 is 71.6 Å². The Balaban J connectivity index is 1.95. The zero-order valence-corrected chi connectivity index (χ0v) is 25.3. The second-order valence-electron chi connectivity index (χ2n) is 10.8. The largest absolute Gasteiger partial charge is 0.446 e. The average Bonchev–Trinajstić information content (AvgIpc) is 3.41. The first kappa shape index (κ1) is 35.1. The molecule has 0 spiro atoms. The third-order valence-corrected chi connectivity index (χ3v) is 7.37. The van der Waals surface area contributed by atoms with Crippen LogP contribution >= 0.6 is 11.6 Å². The standard InChI is InChI=1S/C28H28ClF9N6O2/c1-4-20-13-23(21-12-17(26(30,31)32)5-6-22(21)44(20)25(45)46-15(2)3)42(24-39-41-43(40-24)8-7-29)14-16-9-18(27(33,34)35)11-19(10-16)28(36,37)38/h5-6,9-12,15,20,23H,4,7-8,13-14H2,1-3H3/t20-,23+/m1/s1. The van der Waals surface area contributed by atoms with Gasteiger partial charge in [-0.3, -0.25) is 4.90 Å². The molecule has 1 aromatic heterocycles. The zero-order valence-electron chi connectivity index (χ0n) is 24.5. The topological polar surface area (TPSA) is 76.4 Å². The number of anilines is 2. The molecule has 0 bridgehead atoms. The van der Waals surface area contributed by atoms with E-state index in [1.54, 1.807) is 20.8 Å². The number of nitrogens with zero attached hydrogens (tertiary/aromatic N) is 6. The molecule has 0 aliphatic carbocycles. The molecule has 2 heterocycles. The van der Waals surface area contributed by atoms with Crippen molar-refractivity contribution in [3.05, 3.63) is 64.2 Å². The number of benzene rings is 2. The van der Waals surface area contributed by atoms with Gasteiger partial charge in [-0.1, -0.05) is 12.0 Å². The molecule has 8 nitrogen and oxygen atoms in total. The van der Waals surface area contributed by atoms with Gasteiger partial charge in [0.2, 0.25) is 0 Å². The minimum absolute atomic E-state index is 0.0138. The Labute approximate surface area is 262 Å². The Hall–Kier alpha value is -3.76. The third kappa shape index (κ3) is 7.78. The number of fused-ring (bicyclic) bond motifs is 1. The summed E-state index contributed by atoms with van der Waals surface area (Å²) in [6, 6.07) is 1.75. The Kier molecular flexibility index (Phi) is 10.0. The van der Waals surface area contributed by atoms with E-state index in [-0.39, 0.29) is 48.5 Å². The molecule has 1 amide bonds. The molecule has 252 valence electrons. The lowest BCUT2D eigenvalue weighted by atomic mass is 9.87. The maximum absolute atomic E-state index is 13.9. The van der Waals surface area contributed by atoms with Crippen LogP contribution in [0.4, 0.5) is 55.9 Å². The van der Waals surface area contributed by atoms with Crippen molar-refractivity contribution in [1.82, 2.24) is 20.2 Å². The highest BCUT2D eigenvalue weighted by atomic mass is 35.5. The summed E-state index contributed by atoms with van der Waals surface area (Å²) in [6.45, 7) is 4.19. The van der Waals surface area contributed by atoms with Crippen molar-refractivity contribution in [2.24, 2.45) is 0 Å². The Morgan fingerprint density at radius 2 is 1.59 bits per heavy atom. The second-order valence-corrected chi connectivity index (χ2v) is 11.2. The predicted octanol–water partition coefficient (Wildman–Crippen LogP) is 8.25. The molecule has 3 aromatic rings. The van der Waals surface area contributed by atoms with Crippen LogP contribution in [0.5, 0.6) is 0 Å². The number of hydrogen-bond donors (Lipinski definition) is 0. The lowest BCUT2D eigenvalue weighted by molar-refractivity contribution is -0.143. The van der Waals surface area contributed by atoms with E-state index in [2.05, 4.69) is 15.4 Å². The summed E-state index contributed by atoms with van der Waals surface area (Å²) in [4.78, 5) is 16.6. The van der Waals surface area contributed by atoms with Gasteiger partial charge >= 0.3 is 24.6 Å². The summed E-state index contributed by atoms with van der Waals surface area (Å²) in [5, 5.41) is 11.9. The fraction of sp³-hybridized carbons (Fsp3) is 0.500. The number of tetrazole rings is 1. The molecule has 18 heteroatoms. The van der Waals surface area contributed by atoms with E-state index in [1.165, 1.54) is 9.80 Å². The van der Waals surface area contributed by atoms with Crippen LogP contribution in [0.15, 0.2) is 36.4 Å². The van der Waals surface area contributed by atoms with Crippen molar-refractivity contribution < 1.29 is 49.0 Å². The van der Waals surface area contributed by atoms with E-state index in [4.69, 9.17) is 16.3 Å². The number of halogens is 10. The quantitative estimate of drug-likeness (QED) is 0.176. The Morgan fingerprint density at radius 1 is 0.978 bits per heavy atom. The molecule has 0 unspecified atom stereocenters. The van der Waals surface area contributed by atoms with E-state index in [0.717, 1.165) is 23.0 Å². The summed E-state index contributed by atoms with van der Waals surface area (Å²) in [6.07, 6.45) is -16.4. The van der Waals surface area contributed by atoms with Gasteiger partial charge in [-0.15, -0.1) is 16.7 Å². The van der Waals surface area contributed by atoms with Gasteiger partial charge < -0.3 is 9.64 Å². The van der Waals surface area contributed by atoms with E-state index in [1.807, 2.05) is 0 Å². The number of alkyl halides is 10. The normalized spacial score (nSPS) is 17.3. The number of aromatic nitrogens is 4. The summed E-state index contributed by atoms with van der Waals surface area (Å²) in [5.74, 6) is -0.276. The Bertz CT molecular complexity index is 1510. The molecule has 0 radical (unpaired) electrons. The molecular formula is C28H28ClF9N6O2. The van der Waals surface area contributed by atoms with Gasteiger partial charge in [-0.2, -0.15) is 44.3 Å². The van der Waals surface area contributed by atoms with Crippen LogP contribution in [0.2, 0.25) is 0 Å². The monoisotopic (exact) mass is 686 g/mol. The molecule has 2 atom stereocenters. The van der Waals surface area contributed by atoms with E-state index >= 15 is 0 Å². The van der Waals surface area contributed by atoms with Crippen LogP contribution in [0, 0.1) is 0 Å². The average molecular weight is 687 g/mol. The minimum atomic E-state index is -5.15. The highest BCUT2D eigenvalue weighted by molar-refractivity contribution is 6.17. The Morgan fingerprint density at radius 3 is 2.11 bits per heavy atom. The van der Waals surface area contributed by atoms with Gasteiger partial charge in [-0.05, 0) is 79.4 Å². The fourth-order valence-corrected chi connectivity index (χ4v) is 5.35. The maximum Gasteiger partial charge on any atom is 0.416 e. The summed E-state index contributed by atoms with van der Waals surface area (Å²) in [7, 11) is 0. The third-order valence-electron chi connectivity index (χ3n) is 7.20. The van der Waals surface area contributed by atoms with Crippen LogP contribution in [0.3, 0.4) is 0 Å². The molecule has 0 saturated carbocycles.